The lowest BCUT2D eigenvalue weighted by atomic mass is 9.85. The second kappa shape index (κ2) is 21.5. The lowest BCUT2D eigenvalue weighted by molar-refractivity contribution is -0.144. The zero-order valence-corrected chi connectivity index (χ0v) is 40.2. The minimum Gasteiger partial charge on any atom is -0.488 e. The van der Waals surface area contributed by atoms with Gasteiger partial charge in [-0.25, -0.2) is 13.2 Å². The van der Waals surface area contributed by atoms with E-state index in [4.69, 9.17) is 27.0 Å². The summed E-state index contributed by atoms with van der Waals surface area (Å²) in [4.78, 5) is 59.9. The molecule has 0 bridgehead atoms. The number of carbonyl (C=O) groups excluding carboxylic acids is 4. The van der Waals surface area contributed by atoms with Crippen LogP contribution >= 0.6 is 12.2 Å². The number of nitrogens with zero attached hydrogens (tertiary/aromatic N) is 5. The number of nitriles is 1. The van der Waals surface area contributed by atoms with Crippen LogP contribution in [0.25, 0.3) is 11.3 Å². The molecule has 4 aromatic rings. The number of nitrogens with one attached hydrogen (secondary N) is 2. The molecule has 2 aliphatic heterocycles. The maximum absolute atomic E-state index is 15.5. The number of pyridine rings is 1. The SMILES string of the molecule is CC(C)(C)C(NC(=O)COCCCCOc1c(F)cc(-c2ncc(N3C(=S)N(c4ccc(C#N)c(C(F)(F)F)c4F)C(=O)C3(C)C)cc2C(F)(F)F)cc1F)C(=O)N1CCCC1C(=O)NCc1ccccc1. The van der Waals surface area contributed by atoms with Crippen LogP contribution in [0.2, 0.25) is 0 Å². The average molecular weight is 1030 g/mol. The number of unbranched alkanes of at least 4 members (excludes halogenated alkanes) is 1. The monoisotopic (exact) mass is 1030 g/mol. The summed E-state index contributed by atoms with van der Waals surface area (Å²) in [6, 6.07) is 11.7. The number of anilines is 2. The molecule has 4 amide bonds. The number of carbonyl (C=O) groups is 4. The van der Waals surface area contributed by atoms with Gasteiger partial charge in [-0.1, -0.05) is 51.1 Å². The number of rotatable bonds is 16. The molecule has 2 N–H and O–H groups in total. The van der Waals surface area contributed by atoms with Gasteiger partial charge in [-0.05, 0) is 93.1 Å². The van der Waals surface area contributed by atoms with E-state index < -0.39 is 127 Å². The number of halogens is 9. The molecule has 0 aliphatic carbocycles. The molecule has 0 saturated carbocycles. The summed E-state index contributed by atoms with van der Waals surface area (Å²) in [5.41, 5.74) is -9.65. The quantitative estimate of drug-likeness (QED) is 0.0631. The molecule has 2 atom stereocenters. The van der Waals surface area contributed by atoms with Gasteiger partial charge in [0.1, 0.15) is 29.8 Å². The Morgan fingerprint density at radius 3 is 2.21 bits per heavy atom. The highest BCUT2D eigenvalue weighted by molar-refractivity contribution is 7.81. The van der Waals surface area contributed by atoms with Gasteiger partial charge in [-0.15, -0.1) is 0 Å². The highest BCUT2D eigenvalue weighted by Gasteiger charge is 2.53. The van der Waals surface area contributed by atoms with Crippen molar-refractivity contribution in [3.05, 3.63) is 107 Å². The van der Waals surface area contributed by atoms with Crippen molar-refractivity contribution in [1.29, 1.82) is 5.26 Å². The minimum absolute atomic E-state index is 0.0106. The van der Waals surface area contributed by atoms with Crippen LogP contribution in [0.1, 0.15) is 82.6 Å². The van der Waals surface area contributed by atoms with Crippen LogP contribution in [0.15, 0.2) is 66.9 Å². The van der Waals surface area contributed by atoms with E-state index in [0.29, 0.717) is 61.2 Å². The summed E-state index contributed by atoms with van der Waals surface area (Å²) in [7, 11) is 0. The van der Waals surface area contributed by atoms with Crippen LogP contribution in [0.3, 0.4) is 0 Å². The van der Waals surface area contributed by atoms with Crippen molar-refractivity contribution in [2.75, 3.05) is 36.2 Å². The van der Waals surface area contributed by atoms with Gasteiger partial charge >= 0.3 is 12.4 Å². The van der Waals surface area contributed by atoms with Crippen LogP contribution in [0.4, 0.5) is 50.9 Å². The van der Waals surface area contributed by atoms with Crippen LogP contribution in [-0.4, -0.2) is 82.6 Å². The van der Waals surface area contributed by atoms with Crippen molar-refractivity contribution < 1.29 is 68.2 Å². The molecular weight excluding hydrogens is 986 g/mol. The van der Waals surface area contributed by atoms with Crippen molar-refractivity contribution in [2.45, 2.75) is 96.8 Å². The zero-order chi connectivity index (χ0) is 53.1. The van der Waals surface area contributed by atoms with Crippen LogP contribution in [-0.2, 0) is 42.8 Å². The van der Waals surface area contributed by atoms with E-state index in [1.165, 1.54) is 11.0 Å². The first-order valence-electron chi connectivity index (χ1n) is 22.4. The van der Waals surface area contributed by atoms with Crippen molar-refractivity contribution in [1.82, 2.24) is 20.5 Å². The number of aromatic nitrogens is 1. The maximum Gasteiger partial charge on any atom is 0.420 e. The van der Waals surface area contributed by atoms with Crippen molar-refractivity contribution in [2.24, 2.45) is 5.41 Å². The fraction of sp³-hybridized carbons (Fsp3) is 0.408. The normalized spacial score (nSPS) is 16.5. The van der Waals surface area contributed by atoms with Crippen LogP contribution < -0.4 is 25.2 Å². The van der Waals surface area contributed by atoms with Gasteiger partial charge in [0.05, 0.1) is 47.1 Å². The molecule has 3 heterocycles. The highest BCUT2D eigenvalue weighted by atomic mass is 32.1. The first-order chi connectivity index (χ1) is 33.7. The third-order valence-electron chi connectivity index (χ3n) is 11.9. The molecule has 1 aromatic heterocycles. The van der Waals surface area contributed by atoms with E-state index in [1.54, 1.807) is 20.8 Å². The molecule has 2 saturated heterocycles. The predicted octanol–water partition coefficient (Wildman–Crippen LogP) is 9.01. The summed E-state index contributed by atoms with van der Waals surface area (Å²) < 4.78 is 142. The minimum atomic E-state index is -5.39. The van der Waals surface area contributed by atoms with Crippen molar-refractivity contribution in [3.63, 3.8) is 0 Å². The number of hydrogen-bond acceptors (Lipinski definition) is 9. The fourth-order valence-corrected chi connectivity index (χ4v) is 8.79. The van der Waals surface area contributed by atoms with Crippen molar-refractivity contribution in [3.8, 4) is 23.1 Å². The summed E-state index contributed by atoms with van der Waals surface area (Å²) in [6.07, 6.45) is -8.42. The van der Waals surface area contributed by atoms with Gasteiger partial charge in [0.2, 0.25) is 17.7 Å². The van der Waals surface area contributed by atoms with E-state index >= 15 is 13.2 Å². The zero-order valence-electron chi connectivity index (χ0n) is 39.4. The van der Waals surface area contributed by atoms with Crippen LogP contribution in [0, 0.1) is 34.2 Å². The van der Waals surface area contributed by atoms with E-state index in [0.717, 1.165) is 30.5 Å². The molecule has 384 valence electrons. The Kier molecular flexibility index (Phi) is 16.3. The van der Waals surface area contributed by atoms with Gasteiger partial charge in [-0.3, -0.25) is 29.1 Å². The van der Waals surface area contributed by atoms with E-state index in [-0.39, 0.29) is 32.0 Å². The third kappa shape index (κ3) is 11.8. The number of thiocarbonyl (C=S) groups is 1. The Hall–Kier alpha value is -6.80. The number of alkyl halides is 6. The number of ether oxygens (including phenoxy) is 2. The second-order valence-electron chi connectivity index (χ2n) is 18.5. The van der Waals surface area contributed by atoms with Crippen LogP contribution in [0.5, 0.6) is 5.75 Å². The lowest BCUT2D eigenvalue weighted by Gasteiger charge is -2.35. The van der Waals surface area contributed by atoms with Gasteiger partial charge in [0, 0.05) is 25.3 Å². The molecule has 2 unspecified atom stereocenters. The molecule has 0 radical (unpaired) electrons. The largest absolute Gasteiger partial charge is 0.488 e. The standard InChI is InChI=1S/C49H48F9N7O6S/c1-46(2,3)41(43(68)63-17-11-14-35(63)42(67)61-24-27-12-7-6-8-13-27)62-36(66)26-70-18-9-10-19-71-40-32(50)20-29(21-33(40)51)39-31(48(53,54)55)22-30(25-60-39)65-45(72)64(44(69)47(65,4)5)34-16-15-28(23-59)37(38(34)52)49(56,57)58/h6-8,12-13,15-16,20-22,25,35,41H,9-11,14,17-19,24,26H2,1-5H3,(H,61,67)(H,62,66). The molecule has 72 heavy (non-hydrogen) atoms. The van der Waals surface area contributed by atoms with Gasteiger partial charge in [0.25, 0.3) is 5.91 Å². The molecule has 2 fully saturated rings. The maximum atomic E-state index is 15.5. The predicted molar refractivity (Wildman–Crippen MR) is 247 cm³/mol. The number of amides is 4. The fourth-order valence-electron chi connectivity index (χ4n) is 8.27. The smallest absolute Gasteiger partial charge is 0.420 e. The van der Waals surface area contributed by atoms with E-state index in [2.05, 4.69) is 15.6 Å². The van der Waals surface area contributed by atoms with Gasteiger partial charge < -0.3 is 29.9 Å². The summed E-state index contributed by atoms with van der Waals surface area (Å²) in [5, 5.41) is 14.0. The van der Waals surface area contributed by atoms with E-state index in [1.807, 2.05) is 30.3 Å². The molecule has 2 aliphatic rings. The molecule has 0 spiro atoms. The summed E-state index contributed by atoms with van der Waals surface area (Å²) in [6.45, 7) is 7.52. The summed E-state index contributed by atoms with van der Waals surface area (Å²) in [5.74, 6) is -8.18. The lowest BCUT2D eigenvalue weighted by Crippen LogP contribution is -2.58. The first kappa shape index (κ1) is 54.5. The first-order valence-corrected chi connectivity index (χ1v) is 22.8. The number of likely N-dealkylation sites (tertiary alicyclic amines) is 1. The second-order valence-corrected chi connectivity index (χ2v) is 18.8. The Morgan fingerprint density at radius 1 is 0.944 bits per heavy atom. The molecule has 6 rings (SSSR count). The van der Waals surface area contributed by atoms with Gasteiger partial charge in [0.15, 0.2) is 28.3 Å². The Balaban J connectivity index is 1.05. The summed E-state index contributed by atoms with van der Waals surface area (Å²) >= 11 is 5.32. The molecule has 3 aromatic carbocycles. The van der Waals surface area contributed by atoms with Crippen molar-refractivity contribution >= 4 is 52.3 Å². The number of benzene rings is 3. The third-order valence-corrected chi connectivity index (χ3v) is 12.2. The topological polar surface area (TPSA) is 157 Å². The Bertz CT molecular complexity index is 2760. The molecular formula is C49H48F9N7O6S. The van der Waals surface area contributed by atoms with Gasteiger partial charge in [-0.2, -0.15) is 31.6 Å². The highest BCUT2D eigenvalue weighted by Crippen LogP contribution is 2.45. The molecule has 23 heteroatoms. The molecule has 13 nitrogen and oxygen atoms in total. The number of hydrogen-bond donors (Lipinski definition) is 2. The van der Waals surface area contributed by atoms with E-state index in [9.17, 15) is 45.5 Å². The Labute approximate surface area is 413 Å². The average Bonchev–Trinajstić information content (AvgIpc) is 3.86. The Morgan fingerprint density at radius 2 is 1.60 bits per heavy atom.